The van der Waals surface area contributed by atoms with Crippen molar-refractivity contribution in [3.8, 4) is 11.5 Å². The van der Waals surface area contributed by atoms with E-state index in [-0.39, 0.29) is 11.8 Å². The molecule has 0 spiro atoms. The van der Waals surface area contributed by atoms with Crippen LogP contribution in [0.15, 0.2) is 29.0 Å². The van der Waals surface area contributed by atoms with Gasteiger partial charge in [-0.15, -0.1) is 10.2 Å². The van der Waals surface area contributed by atoms with Crippen LogP contribution < -0.4 is 11.1 Å². The molecule has 6 heteroatoms. The first kappa shape index (κ1) is 15.2. The van der Waals surface area contributed by atoms with Crippen molar-refractivity contribution in [1.82, 2.24) is 10.2 Å². The summed E-state index contributed by atoms with van der Waals surface area (Å²) in [4.78, 5) is 12.2. The van der Waals surface area contributed by atoms with Crippen LogP contribution in [0, 0.1) is 12.8 Å². The number of benzene rings is 1. The minimum atomic E-state index is -0.165. The number of rotatable bonds is 6. The molecule has 3 N–H and O–H groups in total. The molecule has 0 fully saturated rings. The van der Waals surface area contributed by atoms with Gasteiger partial charge in [0.25, 0.3) is 0 Å². The number of amides is 1. The maximum absolute atomic E-state index is 12.2. The number of hydrogen-bond donors (Lipinski definition) is 2. The Bertz CT molecular complexity index is 596. The van der Waals surface area contributed by atoms with Crippen molar-refractivity contribution >= 4 is 11.6 Å². The number of nitrogens with one attached hydrogen (secondary N) is 1. The Kier molecular flexibility index (Phi) is 5.05. The van der Waals surface area contributed by atoms with E-state index in [4.69, 9.17) is 10.2 Å². The van der Waals surface area contributed by atoms with Crippen LogP contribution in [-0.4, -0.2) is 22.6 Å². The van der Waals surface area contributed by atoms with E-state index in [1.54, 1.807) is 0 Å². The van der Waals surface area contributed by atoms with Crippen molar-refractivity contribution in [1.29, 1.82) is 0 Å². The molecule has 0 bridgehead atoms. The summed E-state index contributed by atoms with van der Waals surface area (Å²) >= 11 is 0. The second-order valence-corrected chi connectivity index (χ2v) is 4.98. The third-order valence-electron chi connectivity index (χ3n) is 3.39. The highest BCUT2D eigenvalue weighted by Crippen LogP contribution is 2.24. The van der Waals surface area contributed by atoms with Crippen molar-refractivity contribution in [3.63, 3.8) is 0 Å². The molecule has 0 saturated carbocycles. The normalized spacial score (nSPS) is 12.1. The van der Waals surface area contributed by atoms with Crippen molar-refractivity contribution in [2.75, 3.05) is 11.9 Å². The smallest absolute Gasteiger partial charge is 0.247 e. The van der Waals surface area contributed by atoms with Crippen molar-refractivity contribution < 1.29 is 9.21 Å². The third-order valence-corrected chi connectivity index (χ3v) is 3.39. The quantitative estimate of drug-likeness (QED) is 0.851. The van der Waals surface area contributed by atoms with Crippen LogP contribution in [0.1, 0.15) is 25.3 Å². The maximum Gasteiger partial charge on any atom is 0.247 e. The van der Waals surface area contributed by atoms with E-state index in [0.29, 0.717) is 12.4 Å². The van der Waals surface area contributed by atoms with Gasteiger partial charge in [-0.1, -0.05) is 19.4 Å². The summed E-state index contributed by atoms with van der Waals surface area (Å²) in [5, 5.41) is 10.5. The number of anilines is 1. The number of nitrogens with zero attached hydrogens (tertiary/aromatic N) is 2. The summed E-state index contributed by atoms with van der Waals surface area (Å²) in [6.07, 6.45) is 2.99. The number of aromatic nitrogens is 2. The molecular weight excluding hydrogens is 268 g/mol. The highest BCUT2D eigenvalue weighted by Gasteiger charge is 2.17. The lowest BCUT2D eigenvalue weighted by molar-refractivity contribution is -0.119. The maximum atomic E-state index is 12.2. The molecule has 0 aliphatic rings. The standard InChI is InChI=1S/C15H20N4O2/c1-3-4-12(8-16)14(20)18-13-7-11(6-5-10(13)2)15-19-17-9-21-15/h5-7,9,12H,3-4,8,16H2,1-2H3,(H,18,20). The fourth-order valence-corrected chi connectivity index (χ4v) is 2.13. The lowest BCUT2D eigenvalue weighted by Gasteiger charge is -2.15. The molecule has 1 aromatic carbocycles. The molecule has 0 aliphatic heterocycles. The Morgan fingerprint density at radius 2 is 2.29 bits per heavy atom. The van der Waals surface area contributed by atoms with E-state index in [9.17, 15) is 4.79 Å². The van der Waals surface area contributed by atoms with Gasteiger partial charge in [0.05, 0.1) is 5.92 Å². The minimum absolute atomic E-state index is 0.0508. The lowest BCUT2D eigenvalue weighted by Crippen LogP contribution is -2.29. The van der Waals surface area contributed by atoms with Crippen LogP contribution in [0.5, 0.6) is 0 Å². The summed E-state index contributed by atoms with van der Waals surface area (Å²) in [6, 6.07) is 5.62. The fraction of sp³-hybridized carbons (Fsp3) is 0.400. The van der Waals surface area contributed by atoms with Gasteiger partial charge >= 0.3 is 0 Å². The second kappa shape index (κ2) is 6.99. The monoisotopic (exact) mass is 288 g/mol. The predicted molar refractivity (Wildman–Crippen MR) is 80.6 cm³/mol. The van der Waals surface area contributed by atoms with Gasteiger partial charge in [-0.05, 0) is 31.0 Å². The van der Waals surface area contributed by atoms with Crippen LogP contribution in [0.25, 0.3) is 11.5 Å². The molecule has 2 aromatic rings. The zero-order valence-electron chi connectivity index (χ0n) is 12.3. The molecule has 1 unspecified atom stereocenters. The summed E-state index contributed by atoms with van der Waals surface area (Å²) in [5.41, 5.74) is 8.15. The molecule has 1 heterocycles. The average Bonchev–Trinajstić information content (AvgIpc) is 3.01. The first-order valence-corrected chi connectivity index (χ1v) is 7.03. The van der Waals surface area contributed by atoms with Crippen LogP contribution in [0.2, 0.25) is 0 Å². The van der Waals surface area contributed by atoms with Gasteiger partial charge in [0, 0.05) is 17.8 Å². The highest BCUT2D eigenvalue weighted by atomic mass is 16.4. The van der Waals surface area contributed by atoms with Gasteiger partial charge in [0.2, 0.25) is 18.2 Å². The molecule has 21 heavy (non-hydrogen) atoms. The van der Waals surface area contributed by atoms with Gasteiger partial charge in [0.1, 0.15) is 0 Å². The Morgan fingerprint density at radius 3 is 2.90 bits per heavy atom. The SMILES string of the molecule is CCCC(CN)C(=O)Nc1cc(-c2nnco2)ccc1C. The zero-order valence-corrected chi connectivity index (χ0v) is 12.3. The van der Waals surface area contributed by atoms with E-state index in [2.05, 4.69) is 15.5 Å². The zero-order chi connectivity index (χ0) is 15.2. The van der Waals surface area contributed by atoms with Crippen LogP contribution in [0.4, 0.5) is 5.69 Å². The number of nitrogens with two attached hydrogens (primary N) is 1. The molecule has 0 aliphatic carbocycles. The van der Waals surface area contributed by atoms with Crippen molar-refractivity contribution in [2.45, 2.75) is 26.7 Å². The number of aryl methyl sites for hydroxylation is 1. The third kappa shape index (κ3) is 3.66. The summed E-state index contributed by atoms with van der Waals surface area (Å²) in [5.74, 6) is 0.209. The molecular formula is C15H20N4O2. The van der Waals surface area contributed by atoms with E-state index in [0.717, 1.165) is 29.7 Å². The molecule has 112 valence electrons. The van der Waals surface area contributed by atoms with E-state index >= 15 is 0 Å². The fourth-order valence-electron chi connectivity index (χ4n) is 2.13. The first-order valence-electron chi connectivity index (χ1n) is 7.03. The van der Waals surface area contributed by atoms with E-state index < -0.39 is 0 Å². The first-order chi connectivity index (χ1) is 10.2. The summed E-state index contributed by atoms with van der Waals surface area (Å²) in [7, 11) is 0. The molecule has 6 nitrogen and oxygen atoms in total. The highest BCUT2D eigenvalue weighted by molar-refractivity contribution is 5.94. The molecule has 1 amide bonds. The molecule has 2 rings (SSSR count). The van der Waals surface area contributed by atoms with Gasteiger partial charge in [-0.2, -0.15) is 0 Å². The lowest BCUT2D eigenvalue weighted by atomic mass is 10.0. The Hall–Kier alpha value is -2.21. The number of carbonyl (C=O) groups is 1. The topological polar surface area (TPSA) is 94.0 Å². The molecule has 1 aromatic heterocycles. The molecule has 1 atom stereocenters. The van der Waals surface area contributed by atoms with Gasteiger partial charge < -0.3 is 15.5 Å². The Labute approximate surface area is 123 Å². The van der Waals surface area contributed by atoms with Crippen molar-refractivity contribution in [2.24, 2.45) is 11.7 Å². The van der Waals surface area contributed by atoms with Crippen molar-refractivity contribution in [3.05, 3.63) is 30.2 Å². The summed E-state index contributed by atoms with van der Waals surface area (Å²) < 4.78 is 5.17. The van der Waals surface area contributed by atoms with Crippen LogP contribution >= 0.6 is 0 Å². The average molecular weight is 288 g/mol. The largest absolute Gasteiger partial charge is 0.423 e. The minimum Gasteiger partial charge on any atom is -0.423 e. The van der Waals surface area contributed by atoms with Crippen LogP contribution in [-0.2, 0) is 4.79 Å². The van der Waals surface area contributed by atoms with Gasteiger partial charge in [-0.25, -0.2) is 0 Å². The molecule has 0 saturated heterocycles. The number of hydrogen-bond acceptors (Lipinski definition) is 5. The van der Waals surface area contributed by atoms with Crippen LogP contribution in [0.3, 0.4) is 0 Å². The van der Waals surface area contributed by atoms with E-state index in [1.807, 2.05) is 32.0 Å². The predicted octanol–water partition coefficient (Wildman–Crippen LogP) is 2.36. The number of carbonyl (C=O) groups excluding carboxylic acids is 1. The Morgan fingerprint density at radius 1 is 1.48 bits per heavy atom. The van der Waals surface area contributed by atoms with Gasteiger partial charge in [0.15, 0.2) is 0 Å². The molecule has 0 radical (unpaired) electrons. The van der Waals surface area contributed by atoms with Gasteiger partial charge in [-0.3, -0.25) is 4.79 Å². The second-order valence-electron chi connectivity index (χ2n) is 4.98. The summed E-state index contributed by atoms with van der Waals surface area (Å²) in [6.45, 7) is 4.32. The Balaban J connectivity index is 2.19. The van der Waals surface area contributed by atoms with E-state index in [1.165, 1.54) is 6.39 Å².